The maximum Gasteiger partial charge on any atom is 0.143 e. The maximum absolute atomic E-state index is 7.06. The maximum atomic E-state index is 7.06. The third kappa shape index (κ3) is 4.99. The lowest BCUT2D eigenvalue weighted by atomic mass is 9.59. The number of furan rings is 1. The van der Waals surface area contributed by atoms with Gasteiger partial charge in [0.05, 0.1) is 0 Å². The summed E-state index contributed by atoms with van der Waals surface area (Å²) < 4.78 is 6.40. The lowest BCUT2D eigenvalue weighted by Crippen LogP contribution is -2.50. The van der Waals surface area contributed by atoms with Crippen LogP contribution in [0.15, 0.2) is 126 Å². The van der Waals surface area contributed by atoms with Crippen LogP contribution in [0, 0.1) is 0 Å². The van der Waals surface area contributed by atoms with E-state index in [1.807, 2.05) is 30.3 Å². The molecule has 9 aromatic carbocycles. The average Bonchev–Trinajstić information content (AvgIpc) is 3.76. The Morgan fingerprint density at radius 2 is 0.900 bits per heavy atom. The normalized spacial score (nSPS) is 13.2. The van der Waals surface area contributed by atoms with E-state index in [0.29, 0.717) is 32.7 Å². The van der Waals surface area contributed by atoms with E-state index in [0.717, 1.165) is 66.1 Å². The molecule has 16 radical (unpaired) electrons. The number of benzene rings is 9. The molecule has 60 heavy (non-hydrogen) atoms. The van der Waals surface area contributed by atoms with Crippen LogP contribution < -0.4 is 43.7 Å². The smallest absolute Gasteiger partial charge is 0.143 e. The first-order valence-electron chi connectivity index (χ1n) is 19.8. The zero-order chi connectivity index (χ0) is 41.5. The number of rotatable bonds is 3. The van der Waals surface area contributed by atoms with Gasteiger partial charge in [0.1, 0.15) is 73.9 Å². The molecule has 0 aliphatic heterocycles. The Bertz CT molecular complexity index is 3470. The van der Waals surface area contributed by atoms with Gasteiger partial charge in [-0.3, -0.25) is 0 Å². The third-order valence-electron chi connectivity index (χ3n) is 13.1. The van der Waals surface area contributed by atoms with E-state index in [4.69, 9.17) is 67.2 Å². The van der Waals surface area contributed by atoms with Gasteiger partial charge < -0.3 is 4.42 Å². The highest BCUT2D eigenvalue weighted by molar-refractivity contribution is 6.71. The molecule has 0 bridgehead atoms. The van der Waals surface area contributed by atoms with Crippen molar-refractivity contribution in [1.82, 2.24) is 0 Å². The SMILES string of the molecule is [B]c1c([B])c([B])c2c(-c3ccc4c(c3)-c3ccccc3C4(C)C)c3c([B])c([B])c([B])c([B])c3c(-c3ccc(-c4ccc5oc6c7ccccc7ccc6c5c4)cc3)c2c1[B]. The predicted octanol–water partition coefficient (Wildman–Crippen LogP) is 4.70. The summed E-state index contributed by atoms with van der Waals surface area (Å²) in [6.07, 6.45) is 0. The highest BCUT2D eigenvalue weighted by atomic mass is 16.3. The van der Waals surface area contributed by atoms with E-state index in [1.54, 1.807) is 0 Å². The van der Waals surface area contributed by atoms with Crippen LogP contribution in [0.4, 0.5) is 0 Å². The molecule has 11 rings (SSSR count). The molecule has 0 spiro atoms. The van der Waals surface area contributed by atoms with Gasteiger partial charge in [-0.25, -0.2) is 0 Å². The van der Waals surface area contributed by atoms with E-state index in [-0.39, 0.29) is 49.1 Å². The predicted molar refractivity (Wildman–Crippen MR) is 263 cm³/mol. The van der Waals surface area contributed by atoms with Crippen molar-refractivity contribution in [3.63, 3.8) is 0 Å². The third-order valence-corrected chi connectivity index (χ3v) is 13.1. The Labute approximate surface area is 359 Å². The Morgan fingerprint density at radius 3 is 1.55 bits per heavy atom. The minimum Gasteiger partial charge on any atom is -0.455 e. The molecular formula is C51H26B8O. The molecule has 9 heteroatoms. The largest absolute Gasteiger partial charge is 0.455 e. The first-order valence-corrected chi connectivity index (χ1v) is 19.8. The van der Waals surface area contributed by atoms with Crippen LogP contribution in [0.1, 0.15) is 25.0 Å². The standard InChI is InChI=1S/C51H26B8O/c1-51(2)33-10-6-5-9-29(33)31-22-27(16-19-34(31)51)37-40-38(42(52)46(56)48(58)44(40)54)36(39-41(37)45(55)49(59)47(57)43(39)53)25-13-11-23(12-14-25)26-17-20-35-32(21-26)30-18-15-24-7-3-4-8-28(24)50(30)60-35/h3-22H,1-2H3. The second-order valence-electron chi connectivity index (χ2n) is 16.5. The highest BCUT2D eigenvalue weighted by Gasteiger charge is 2.35. The molecule has 1 aromatic heterocycles. The summed E-state index contributed by atoms with van der Waals surface area (Å²) in [5.41, 5.74) is 13.0. The topological polar surface area (TPSA) is 13.1 Å². The molecule has 0 saturated heterocycles. The van der Waals surface area contributed by atoms with E-state index >= 15 is 0 Å². The Hall–Kier alpha value is -5.92. The number of hydrogen-bond acceptors (Lipinski definition) is 1. The van der Waals surface area contributed by atoms with Crippen molar-refractivity contribution >= 4 is 161 Å². The van der Waals surface area contributed by atoms with E-state index in [1.165, 1.54) is 11.1 Å². The van der Waals surface area contributed by atoms with Gasteiger partial charge in [-0.05, 0) is 107 Å². The van der Waals surface area contributed by atoms with Crippen molar-refractivity contribution in [3.8, 4) is 44.5 Å². The van der Waals surface area contributed by atoms with Gasteiger partial charge in [-0.15, -0.1) is 21.9 Å². The number of fused-ring (bicyclic) bond motifs is 10. The van der Waals surface area contributed by atoms with Gasteiger partial charge in [0.25, 0.3) is 0 Å². The van der Waals surface area contributed by atoms with Crippen LogP contribution >= 0.6 is 0 Å². The van der Waals surface area contributed by atoms with Gasteiger partial charge in [-0.1, -0.05) is 133 Å². The molecule has 0 N–H and O–H groups in total. The number of hydrogen-bond donors (Lipinski definition) is 0. The van der Waals surface area contributed by atoms with Crippen molar-refractivity contribution in [1.29, 1.82) is 0 Å². The van der Waals surface area contributed by atoms with Crippen LogP contribution in [0.3, 0.4) is 0 Å². The van der Waals surface area contributed by atoms with E-state index in [2.05, 4.69) is 105 Å². The van der Waals surface area contributed by atoms with Gasteiger partial charge in [-0.2, -0.15) is 0 Å². The molecule has 0 saturated carbocycles. The van der Waals surface area contributed by atoms with Crippen LogP contribution in [0.2, 0.25) is 0 Å². The second-order valence-corrected chi connectivity index (χ2v) is 16.5. The quantitative estimate of drug-likeness (QED) is 0.189. The summed E-state index contributed by atoms with van der Waals surface area (Å²) in [7, 11) is 54.9. The molecule has 0 unspecified atom stereocenters. The summed E-state index contributed by atoms with van der Waals surface area (Å²) in [6, 6.07) is 41.9. The molecule has 1 heterocycles. The van der Waals surface area contributed by atoms with Crippen LogP contribution in [0.25, 0.3) is 98.8 Å². The van der Waals surface area contributed by atoms with Crippen LogP contribution in [-0.2, 0) is 5.41 Å². The molecule has 10 aromatic rings. The Balaban J connectivity index is 1.18. The first-order chi connectivity index (χ1) is 28.9. The van der Waals surface area contributed by atoms with Crippen LogP contribution in [0.5, 0.6) is 0 Å². The molecule has 1 aliphatic carbocycles. The van der Waals surface area contributed by atoms with Gasteiger partial charge in [0.15, 0.2) is 0 Å². The minimum absolute atomic E-state index is 0.177. The highest BCUT2D eigenvalue weighted by Crippen LogP contribution is 2.51. The molecule has 0 fully saturated rings. The first kappa shape index (κ1) is 37.1. The monoisotopic (exact) mass is 742 g/mol. The lowest BCUT2D eigenvalue weighted by molar-refractivity contribution is 0.660. The van der Waals surface area contributed by atoms with Crippen molar-refractivity contribution in [3.05, 3.63) is 132 Å². The lowest BCUT2D eigenvalue weighted by Gasteiger charge is -2.29. The van der Waals surface area contributed by atoms with Gasteiger partial charge in [0, 0.05) is 21.6 Å². The summed E-state index contributed by atoms with van der Waals surface area (Å²) in [5, 5.41) is 6.68. The summed E-state index contributed by atoms with van der Waals surface area (Å²) in [6.45, 7) is 4.48. The molecule has 0 atom stereocenters. The van der Waals surface area contributed by atoms with Gasteiger partial charge in [0.2, 0.25) is 0 Å². The van der Waals surface area contributed by atoms with Crippen molar-refractivity contribution in [2.45, 2.75) is 19.3 Å². The Morgan fingerprint density at radius 1 is 0.383 bits per heavy atom. The van der Waals surface area contributed by atoms with Crippen molar-refractivity contribution in [2.75, 3.05) is 0 Å². The average molecular weight is 741 g/mol. The molecule has 1 aliphatic rings. The molecule has 1 nitrogen and oxygen atoms in total. The summed E-state index contributed by atoms with van der Waals surface area (Å²) >= 11 is 0. The zero-order valence-electron chi connectivity index (χ0n) is 33.1. The summed E-state index contributed by atoms with van der Waals surface area (Å²) in [5.74, 6) is 0. The van der Waals surface area contributed by atoms with Crippen LogP contribution in [-0.4, -0.2) is 62.8 Å². The van der Waals surface area contributed by atoms with Crippen molar-refractivity contribution < 1.29 is 4.42 Å². The van der Waals surface area contributed by atoms with Crippen molar-refractivity contribution in [2.24, 2.45) is 0 Å². The molecule has 260 valence electrons. The fourth-order valence-corrected chi connectivity index (χ4v) is 9.91. The fourth-order valence-electron chi connectivity index (χ4n) is 9.91. The molecular weight excluding hydrogens is 715 g/mol. The minimum atomic E-state index is -0.206. The summed E-state index contributed by atoms with van der Waals surface area (Å²) in [4.78, 5) is 0. The fraction of sp³-hybridized carbons (Fsp3) is 0.0588. The zero-order valence-corrected chi connectivity index (χ0v) is 33.1. The van der Waals surface area contributed by atoms with E-state index in [9.17, 15) is 0 Å². The second kappa shape index (κ2) is 13.0. The van der Waals surface area contributed by atoms with Gasteiger partial charge >= 0.3 is 0 Å². The molecule has 0 amide bonds. The van der Waals surface area contributed by atoms with E-state index < -0.39 is 0 Å². The Kier molecular flexibility index (Phi) is 8.06.